The first kappa shape index (κ1) is 21.5. The predicted molar refractivity (Wildman–Crippen MR) is 129 cm³/mol. The molecule has 33 heavy (non-hydrogen) atoms. The number of carbonyl (C=O) groups excluding carboxylic acids is 1. The molecule has 2 aromatic carbocycles. The van der Waals surface area contributed by atoms with Crippen LogP contribution in [0.5, 0.6) is 5.75 Å². The number of carbonyl (C=O) groups is 1. The zero-order chi connectivity index (χ0) is 22.9. The van der Waals surface area contributed by atoms with Crippen LogP contribution in [0, 0.1) is 6.92 Å². The summed E-state index contributed by atoms with van der Waals surface area (Å²) in [6.45, 7) is 2.44. The van der Waals surface area contributed by atoms with E-state index in [-0.39, 0.29) is 6.03 Å². The summed E-state index contributed by atoms with van der Waals surface area (Å²) in [5, 5.41) is 8.75. The Morgan fingerprint density at radius 3 is 2.79 bits per heavy atom. The van der Waals surface area contributed by atoms with Gasteiger partial charge in [-0.15, -0.1) is 0 Å². The molecule has 7 heteroatoms. The maximum absolute atomic E-state index is 12.2. The van der Waals surface area contributed by atoms with Crippen molar-refractivity contribution >= 4 is 11.7 Å². The first-order chi connectivity index (χ1) is 16.0. The summed E-state index contributed by atoms with van der Waals surface area (Å²) in [7, 11) is 1.52. The highest BCUT2D eigenvalue weighted by molar-refractivity contribution is 5.89. The number of hydrazine groups is 1. The third-order valence-electron chi connectivity index (χ3n) is 6.57. The van der Waals surface area contributed by atoms with Crippen molar-refractivity contribution in [2.45, 2.75) is 58.0 Å². The van der Waals surface area contributed by atoms with Crippen LogP contribution in [0.15, 0.2) is 42.6 Å². The topological polar surface area (TPSA) is 85.4 Å². The number of hydrogen-bond donors (Lipinski definition) is 2. The SMILES string of the molecule is Cc1cc(-n2cc3c(n2)CCCC3)ccc1OCc1c(NC(=O)N(C)N)cccc1C1CC1. The van der Waals surface area contributed by atoms with Gasteiger partial charge in [-0.05, 0) is 92.3 Å². The number of benzene rings is 2. The molecule has 2 aliphatic carbocycles. The first-order valence-electron chi connectivity index (χ1n) is 11.7. The van der Waals surface area contributed by atoms with Crippen molar-refractivity contribution < 1.29 is 9.53 Å². The summed E-state index contributed by atoms with van der Waals surface area (Å²) >= 11 is 0. The number of urea groups is 1. The van der Waals surface area contributed by atoms with Crippen molar-refractivity contribution in [3.8, 4) is 11.4 Å². The molecule has 0 spiro atoms. The molecule has 0 aliphatic heterocycles. The summed E-state index contributed by atoms with van der Waals surface area (Å²) in [6, 6.07) is 11.8. The van der Waals surface area contributed by atoms with E-state index in [4.69, 9.17) is 15.7 Å². The van der Waals surface area contributed by atoms with Crippen LogP contribution in [0.25, 0.3) is 5.69 Å². The van der Waals surface area contributed by atoms with Crippen LogP contribution in [0.3, 0.4) is 0 Å². The normalized spacial score (nSPS) is 15.1. The molecule has 0 bridgehead atoms. The minimum Gasteiger partial charge on any atom is -0.489 e. The number of ether oxygens (including phenoxy) is 1. The second kappa shape index (κ2) is 8.90. The van der Waals surface area contributed by atoms with Crippen LogP contribution >= 0.6 is 0 Å². The fraction of sp³-hybridized carbons (Fsp3) is 0.385. The smallest absolute Gasteiger partial charge is 0.335 e. The van der Waals surface area contributed by atoms with Gasteiger partial charge in [0.1, 0.15) is 12.4 Å². The van der Waals surface area contributed by atoms with Gasteiger partial charge in [-0.3, -0.25) is 5.01 Å². The number of hydrogen-bond acceptors (Lipinski definition) is 4. The highest BCUT2D eigenvalue weighted by Gasteiger charge is 2.28. The lowest BCUT2D eigenvalue weighted by atomic mass is 9.99. The second-order valence-electron chi connectivity index (χ2n) is 9.18. The number of nitrogens with two attached hydrogens (primary N) is 1. The van der Waals surface area contributed by atoms with Gasteiger partial charge in [-0.1, -0.05) is 12.1 Å². The highest BCUT2D eigenvalue weighted by Crippen LogP contribution is 2.43. The quantitative estimate of drug-likeness (QED) is 0.323. The largest absolute Gasteiger partial charge is 0.489 e. The summed E-state index contributed by atoms with van der Waals surface area (Å²) in [5.41, 5.74) is 7.70. The monoisotopic (exact) mass is 445 g/mol. The molecule has 1 heterocycles. The lowest BCUT2D eigenvalue weighted by Crippen LogP contribution is -2.37. The van der Waals surface area contributed by atoms with Crippen LogP contribution in [0.1, 0.15) is 59.5 Å². The number of aryl methyl sites for hydroxylation is 3. The molecule has 3 aromatic rings. The Morgan fingerprint density at radius 1 is 1.24 bits per heavy atom. The van der Waals surface area contributed by atoms with Gasteiger partial charge in [0.05, 0.1) is 11.4 Å². The van der Waals surface area contributed by atoms with Crippen LogP contribution in [0.4, 0.5) is 10.5 Å². The molecule has 1 saturated carbocycles. The lowest BCUT2D eigenvalue weighted by Gasteiger charge is -2.19. The van der Waals surface area contributed by atoms with Crippen molar-refractivity contribution in [1.29, 1.82) is 0 Å². The average molecular weight is 446 g/mol. The average Bonchev–Trinajstić information content (AvgIpc) is 3.56. The Kier molecular flexibility index (Phi) is 5.81. The van der Waals surface area contributed by atoms with E-state index in [0.29, 0.717) is 12.5 Å². The number of fused-ring (bicyclic) bond motifs is 1. The van der Waals surface area contributed by atoms with Crippen LogP contribution in [-0.4, -0.2) is 27.9 Å². The van der Waals surface area contributed by atoms with Crippen molar-refractivity contribution in [3.63, 3.8) is 0 Å². The maximum atomic E-state index is 12.2. The predicted octanol–water partition coefficient (Wildman–Crippen LogP) is 4.85. The molecule has 1 fully saturated rings. The Balaban J connectivity index is 1.36. The van der Waals surface area contributed by atoms with Crippen molar-refractivity contribution in [3.05, 3.63) is 70.5 Å². The molecule has 0 saturated heterocycles. The molecule has 3 N–H and O–H groups in total. The Morgan fingerprint density at radius 2 is 2.06 bits per heavy atom. The zero-order valence-corrected chi connectivity index (χ0v) is 19.3. The van der Waals surface area contributed by atoms with Crippen LogP contribution in [0.2, 0.25) is 0 Å². The Bertz CT molecular complexity index is 1160. The van der Waals surface area contributed by atoms with E-state index in [2.05, 4.69) is 36.6 Å². The van der Waals surface area contributed by atoms with Gasteiger partial charge in [-0.2, -0.15) is 5.10 Å². The lowest BCUT2D eigenvalue weighted by molar-refractivity contribution is 0.223. The van der Waals surface area contributed by atoms with Crippen molar-refractivity contribution in [1.82, 2.24) is 14.8 Å². The second-order valence-corrected chi connectivity index (χ2v) is 9.18. The standard InChI is InChI=1S/C26H31N5O2/c1-17-14-20(31-15-19-6-3-4-8-23(19)29-31)12-13-25(17)33-16-22-21(18-10-11-18)7-5-9-24(22)28-26(32)30(2)27/h5,7,9,12-15,18H,3-4,6,8,10-11,16,27H2,1-2H3,(H,28,32). The minimum absolute atomic E-state index is 0.355. The Labute approximate surface area is 194 Å². The van der Waals surface area contributed by atoms with Gasteiger partial charge in [0.25, 0.3) is 0 Å². The third-order valence-corrected chi connectivity index (χ3v) is 6.57. The molecule has 2 amide bonds. The molecule has 0 atom stereocenters. The van der Waals surface area contributed by atoms with E-state index in [1.54, 1.807) is 0 Å². The zero-order valence-electron chi connectivity index (χ0n) is 19.3. The van der Waals surface area contributed by atoms with Gasteiger partial charge in [0, 0.05) is 24.5 Å². The molecular formula is C26H31N5O2. The number of nitrogens with zero attached hydrogens (tertiary/aromatic N) is 3. The van der Waals surface area contributed by atoms with E-state index < -0.39 is 0 Å². The molecular weight excluding hydrogens is 414 g/mol. The minimum atomic E-state index is -0.355. The molecule has 5 rings (SSSR count). The summed E-state index contributed by atoms with van der Waals surface area (Å²) < 4.78 is 8.26. The highest BCUT2D eigenvalue weighted by atomic mass is 16.5. The number of rotatable bonds is 6. The van der Waals surface area contributed by atoms with Crippen molar-refractivity contribution in [2.75, 3.05) is 12.4 Å². The molecule has 172 valence electrons. The number of anilines is 1. The van der Waals surface area contributed by atoms with Gasteiger partial charge in [0.15, 0.2) is 0 Å². The van der Waals surface area contributed by atoms with Gasteiger partial charge in [-0.25, -0.2) is 15.3 Å². The van der Waals surface area contributed by atoms with E-state index in [9.17, 15) is 4.79 Å². The molecule has 0 unspecified atom stereocenters. The van der Waals surface area contributed by atoms with Gasteiger partial charge in [0.2, 0.25) is 0 Å². The molecule has 2 aliphatic rings. The summed E-state index contributed by atoms with van der Waals surface area (Å²) in [6.07, 6.45) is 9.17. The van der Waals surface area contributed by atoms with Crippen LogP contribution < -0.4 is 15.9 Å². The summed E-state index contributed by atoms with van der Waals surface area (Å²) in [4.78, 5) is 12.2. The third kappa shape index (κ3) is 4.59. The maximum Gasteiger partial charge on any atom is 0.335 e. The Hall–Kier alpha value is -3.32. The van der Waals surface area contributed by atoms with E-state index in [0.717, 1.165) is 46.1 Å². The van der Waals surface area contributed by atoms with Gasteiger partial charge < -0.3 is 10.1 Å². The van der Waals surface area contributed by atoms with E-state index in [1.165, 1.54) is 49.6 Å². The van der Waals surface area contributed by atoms with Crippen molar-refractivity contribution in [2.24, 2.45) is 5.84 Å². The molecule has 1 aromatic heterocycles. The van der Waals surface area contributed by atoms with Crippen LogP contribution in [-0.2, 0) is 19.4 Å². The van der Waals surface area contributed by atoms with Gasteiger partial charge >= 0.3 is 6.03 Å². The number of amides is 2. The number of nitrogens with one attached hydrogen (secondary N) is 1. The van der Waals surface area contributed by atoms with E-state index in [1.807, 2.05) is 22.9 Å². The molecule has 0 radical (unpaired) electrons. The first-order valence-corrected chi connectivity index (χ1v) is 11.7. The number of aromatic nitrogens is 2. The fourth-order valence-corrected chi connectivity index (χ4v) is 4.56. The van der Waals surface area contributed by atoms with E-state index >= 15 is 0 Å². The fourth-order valence-electron chi connectivity index (χ4n) is 4.56. The summed E-state index contributed by atoms with van der Waals surface area (Å²) in [5.74, 6) is 6.97. The molecule has 7 nitrogen and oxygen atoms in total.